The Bertz CT molecular complexity index is 1600. The molecule has 1 heterocycles. The van der Waals surface area contributed by atoms with Gasteiger partial charge in [-0.05, 0) is 48.5 Å². The van der Waals surface area contributed by atoms with E-state index in [1.807, 2.05) is 25.1 Å². The fraction of sp³-hybridized carbons (Fsp3) is 0.185. The first-order chi connectivity index (χ1) is 18.5. The Morgan fingerprint density at radius 3 is 2.41 bits per heavy atom. The number of nitrogens with one attached hydrogen (secondary N) is 1. The van der Waals surface area contributed by atoms with Crippen LogP contribution in [0, 0.1) is 0 Å². The smallest absolute Gasteiger partial charge is 0.416 e. The van der Waals surface area contributed by atoms with Crippen LogP contribution in [0.15, 0.2) is 71.8 Å². The number of esters is 1. The molecule has 1 aromatic heterocycles. The summed E-state index contributed by atoms with van der Waals surface area (Å²) in [6.07, 6.45) is -3.37. The number of hydrogen-bond donors (Lipinski definition) is 1. The van der Waals surface area contributed by atoms with E-state index >= 15 is 0 Å². The van der Waals surface area contributed by atoms with Gasteiger partial charge in [-0.3, -0.25) is 19.0 Å². The third kappa shape index (κ3) is 6.17. The Balaban J connectivity index is 1.76. The second-order valence-electron chi connectivity index (χ2n) is 8.64. The van der Waals surface area contributed by atoms with Crippen LogP contribution in [0.3, 0.4) is 0 Å². The number of halogens is 3. The molecule has 1 amide bonds. The van der Waals surface area contributed by atoms with Crippen LogP contribution in [0.4, 0.5) is 24.5 Å². The zero-order valence-electron chi connectivity index (χ0n) is 21.1. The van der Waals surface area contributed by atoms with Gasteiger partial charge in [0.2, 0.25) is 0 Å². The lowest BCUT2D eigenvalue weighted by Gasteiger charge is -2.17. The van der Waals surface area contributed by atoms with Crippen molar-refractivity contribution in [3.8, 4) is 11.5 Å². The molecule has 12 heteroatoms. The molecule has 0 spiro atoms. The summed E-state index contributed by atoms with van der Waals surface area (Å²) in [6.45, 7) is -0.355. The highest BCUT2D eigenvalue weighted by Crippen LogP contribution is 2.34. The topological polar surface area (TPSA) is 103 Å². The molecule has 39 heavy (non-hydrogen) atoms. The van der Waals surface area contributed by atoms with Crippen LogP contribution in [0.2, 0.25) is 0 Å². The van der Waals surface area contributed by atoms with Crippen molar-refractivity contribution in [2.45, 2.75) is 12.7 Å². The Hall–Kier alpha value is -4.87. The molecule has 0 fully saturated rings. The van der Waals surface area contributed by atoms with Crippen molar-refractivity contribution in [3.63, 3.8) is 0 Å². The molecule has 1 N–H and O–H groups in total. The summed E-state index contributed by atoms with van der Waals surface area (Å²) in [5.41, 5.74) is -0.311. The number of carbonyl (C=O) groups is 2. The van der Waals surface area contributed by atoms with Gasteiger partial charge in [0.15, 0.2) is 5.75 Å². The third-order valence-electron chi connectivity index (χ3n) is 5.74. The van der Waals surface area contributed by atoms with Gasteiger partial charge in [-0.1, -0.05) is 6.07 Å². The third-order valence-corrected chi connectivity index (χ3v) is 5.74. The monoisotopic (exact) mass is 540 g/mol. The van der Waals surface area contributed by atoms with E-state index in [1.165, 1.54) is 25.6 Å². The van der Waals surface area contributed by atoms with Crippen molar-refractivity contribution in [3.05, 3.63) is 88.5 Å². The molecule has 9 nitrogen and oxygen atoms in total. The lowest BCUT2D eigenvalue weighted by Crippen LogP contribution is -2.25. The fourth-order valence-electron chi connectivity index (χ4n) is 3.64. The number of methoxy groups -OCH3 is 1. The fourth-order valence-corrected chi connectivity index (χ4v) is 3.64. The lowest BCUT2D eigenvalue weighted by atomic mass is 10.1. The first kappa shape index (κ1) is 27.2. The first-order valence-corrected chi connectivity index (χ1v) is 11.5. The van der Waals surface area contributed by atoms with Crippen molar-refractivity contribution in [2.24, 2.45) is 0 Å². The molecule has 0 radical (unpaired) electrons. The Morgan fingerprint density at radius 1 is 1.05 bits per heavy atom. The SMILES string of the molecule is COC(=O)Cn1cnc2cc(NC(=O)c3ccc(C(F)(F)F)cc3)c(Oc3cccc(N(C)C)c3)cc2c1=O. The summed E-state index contributed by atoms with van der Waals surface area (Å²) in [4.78, 5) is 43.8. The molecule has 3 aromatic carbocycles. The summed E-state index contributed by atoms with van der Waals surface area (Å²) >= 11 is 0. The molecule has 0 atom stereocenters. The number of alkyl halides is 3. The molecule has 0 bridgehead atoms. The van der Waals surface area contributed by atoms with Gasteiger partial charge in [0.25, 0.3) is 11.5 Å². The number of amides is 1. The second kappa shape index (κ2) is 10.9. The molecule has 4 rings (SSSR count). The maximum Gasteiger partial charge on any atom is 0.416 e. The van der Waals surface area contributed by atoms with E-state index in [9.17, 15) is 27.6 Å². The summed E-state index contributed by atoms with van der Waals surface area (Å²) < 4.78 is 50.5. The Morgan fingerprint density at radius 2 is 1.77 bits per heavy atom. The molecule has 0 aliphatic carbocycles. The quantitative estimate of drug-likeness (QED) is 0.339. The van der Waals surface area contributed by atoms with Crippen LogP contribution in [-0.2, 0) is 22.3 Å². The van der Waals surface area contributed by atoms with Gasteiger partial charge < -0.3 is 19.7 Å². The van der Waals surface area contributed by atoms with Crippen LogP contribution >= 0.6 is 0 Å². The number of ether oxygens (including phenoxy) is 2. The van der Waals surface area contributed by atoms with E-state index in [0.29, 0.717) is 5.75 Å². The molecule has 0 aliphatic rings. The zero-order valence-corrected chi connectivity index (χ0v) is 21.1. The molecular weight excluding hydrogens is 517 g/mol. The van der Waals surface area contributed by atoms with Crippen molar-refractivity contribution in [2.75, 3.05) is 31.4 Å². The number of fused-ring (bicyclic) bond motifs is 1. The number of benzene rings is 3. The molecule has 202 valence electrons. The highest BCUT2D eigenvalue weighted by atomic mass is 19.4. The molecule has 0 saturated carbocycles. The number of carbonyl (C=O) groups excluding carboxylic acids is 2. The first-order valence-electron chi connectivity index (χ1n) is 11.5. The van der Waals surface area contributed by atoms with Crippen molar-refractivity contribution in [1.29, 1.82) is 0 Å². The minimum atomic E-state index is -4.54. The van der Waals surface area contributed by atoms with Gasteiger partial charge in [-0.15, -0.1) is 0 Å². The minimum absolute atomic E-state index is 0.0230. The molecule has 0 saturated heterocycles. The predicted molar refractivity (Wildman–Crippen MR) is 138 cm³/mol. The average Bonchev–Trinajstić information content (AvgIpc) is 2.90. The maximum atomic E-state index is 13.1. The van der Waals surface area contributed by atoms with Gasteiger partial charge in [0.05, 0.1) is 35.6 Å². The normalized spacial score (nSPS) is 11.2. The average molecular weight is 540 g/mol. The van der Waals surface area contributed by atoms with E-state index in [4.69, 9.17) is 4.74 Å². The highest BCUT2D eigenvalue weighted by Gasteiger charge is 2.30. The van der Waals surface area contributed by atoms with Crippen LogP contribution in [0.5, 0.6) is 11.5 Å². The van der Waals surface area contributed by atoms with E-state index in [2.05, 4.69) is 15.0 Å². The van der Waals surface area contributed by atoms with E-state index in [-0.39, 0.29) is 34.4 Å². The van der Waals surface area contributed by atoms with Crippen LogP contribution in [0.1, 0.15) is 15.9 Å². The highest BCUT2D eigenvalue weighted by molar-refractivity contribution is 6.06. The lowest BCUT2D eigenvalue weighted by molar-refractivity contribution is -0.141. The maximum absolute atomic E-state index is 13.1. The van der Waals surface area contributed by atoms with E-state index < -0.39 is 29.2 Å². The summed E-state index contributed by atoms with van der Waals surface area (Å²) in [5, 5.41) is 2.74. The molecule has 4 aromatic rings. The van der Waals surface area contributed by atoms with Crippen LogP contribution < -0.4 is 20.5 Å². The second-order valence-corrected chi connectivity index (χ2v) is 8.64. The molecular formula is C27H23F3N4O5. The van der Waals surface area contributed by atoms with Gasteiger partial charge in [-0.25, -0.2) is 4.98 Å². The van der Waals surface area contributed by atoms with Crippen molar-refractivity contribution < 1.29 is 32.2 Å². The number of nitrogens with zero attached hydrogens (tertiary/aromatic N) is 3. The number of aromatic nitrogens is 2. The predicted octanol–water partition coefficient (Wildman–Crippen LogP) is 4.70. The minimum Gasteiger partial charge on any atom is -0.468 e. The number of rotatable bonds is 7. The number of hydrogen-bond acceptors (Lipinski definition) is 7. The van der Waals surface area contributed by atoms with Gasteiger partial charge >= 0.3 is 12.1 Å². The van der Waals surface area contributed by atoms with Crippen molar-refractivity contribution in [1.82, 2.24) is 9.55 Å². The summed E-state index contributed by atoms with van der Waals surface area (Å²) in [7, 11) is 4.89. The van der Waals surface area contributed by atoms with Gasteiger partial charge in [0, 0.05) is 31.4 Å². The molecule has 0 aliphatic heterocycles. The largest absolute Gasteiger partial charge is 0.468 e. The Labute approximate surface area is 220 Å². The standard InChI is InChI=1S/C27H23F3N4O5/c1-33(2)18-5-4-6-19(11-18)39-23-12-20-21(31-15-34(26(20)37)14-24(35)38-3)13-22(23)32-25(36)16-7-9-17(10-8-16)27(28,29)30/h4-13,15H,14H2,1-3H3,(H,32,36). The number of anilines is 2. The van der Waals surface area contributed by atoms with E-state index in [1.54, 1.807) is 18.2 Å². The van der Waals surface area contributed by atoms with Gasteiger partial charge in [-0.2, -0.15) is 13.2 Å². The van der Waals surface area contributed by atoms with E-state index in [0.717, 1.165) is 34.5 Å². The van der Waals surface area contributed by atoms with Crippen LogP contribution in [0.25, 0.3) is 10.9 Å². The Kier molecular flexibility index (Phi) is 7.56. The van der Waals surface area contributed by atoms with Crippen LogP contribution in [-0.4, -0.2) is 42.6 Å². The summed E-state index contributed by atoms with van der Waals surface area (Å²) in [6, 6.07) is 13.6. The van der Waals surface area contributed by atoms with Gasteiger partial charge in [0.1, 0.15) is 12.3 Å². The molecule has 0 unspecified atom stereocenters. The zero-order chi connectivity index (χ0) is 28.3. The van der Waals surface area contributed by atoms with Crippen molar-refractivity contribution >= 4 is 34.2 Å². The summed E-state index contributed by atoms with van der Waals surface area (Å²) in [5.74, 6) is -0.873.